The Balaban J connectivity index is 1.86. The summed E-state index contributed by atoms with van der Waals surface area (Å²) in [7, 11) is 0. The molecule has 0 saturated carbocycles. The Bertz CT molecular complexity index is 979. The number of aromatic nitrogens is 1. The number of hydrogen-bond donors (Lipinski definition) is 1. The van der Waals surface area contributed by atoms with Gasteiger partial charge < -0.3 is 5.11 Å². The fraction of sp³-hybridized carbons (Fsp3) is 0.143. The second kappa shape index (κ2) is 7.23. The van der Waals surface area contributed by atoms with E-state index in [9.17, 15) is 23.1 Å². The summed E-state index contributed by atoms with van der Waals surface area (Å²) < 4.78 is 38.6. The van der Waals surface area contributed by atoms with E-state index in [4.69, 9.17) is 0 Å². The van der Waals surface area contributed by atoms with Gasteiger partial charge in [0.25, 0.3) is 0 Å². The van der Waals surface area contributed by atoms with Crippen LogP contribution in [0.15, 0.2) is 60.8 Å². The first kappa shape index (κ1) is 18.6. The van der Waals surface area contributed by atoms with E-state index in [1.807, 2.05) is 13.0 Å². The van der Waals surface area contributed by atoms with Crippen molar-refractivity contribution in [3.05, 3.63) is 88.6 Å². The summed E-state index contributed by atoms with van der Waals surface area (Å²) in [4.78, 5) is 15.7. The van der Waals surface area contributed by atoms with E-state index in [1.165, 1.54) is 6.07 Å². The van der Waals surface area contributed by atoms with Crippen molar-refractivity contribution in [3.63, 3.8) is 0 Å². The highest BCUT2D eigenvalue weighted by Crippen LogP contribution is 2.31. The number of aryl methyl sites for hydroxylation is 1. The van der Waals surface area contributed by atoms with Crippen LogP contribution >= 0.6 is 0 Å². The lowest BCUT2D eigenvalue weighted by atomic mass is 9.98. The average molecular weight is 371 g/mol. The number of carboxylic acids is 1. The summed E-state index contributed by atoms with van der Waals surface area (Å²) in [6.07, 6.45) is -2.48. The Kier molecular flexibility index (Phi) is 4.99. The maximum Gasteiger partial charge on any atom is 0.416 e. The molecule has 3 aromatic rings. The second-order valence-corrected chi connectivity index (χ2v) is 6.27. The van der Waals surface area contributed by atoms with Gasteiger partial charge in [0.2, 0.25) is 0 Å². The molecule has 3 nitrogen and oxygen atoms in total. The fourth-order valence-corrected chi connectivity index (χ4v) is 2.82. The minimum Gasteiger partial charge on any atom is -0.478 e. The normalized spacial score (nSPS) is 11.4. The third-order valence-electron chi connectivity index (χ3n) is 4.20. The van der Waals surface area contributed by atoms with Gasteiger partial charge in [-0.2, -0.15) is 13.2 Å². The molecule has 0 radical (unpaired) electrons. The first-order valence-electron chi connectivity index (χ1n) is 8.19. The van der Waals surface area contributed by atoms with Crippen molar-refractivity contribution in [2.75, 3.05) is 0 Å². The molecule has 1 heterocycles. The minimum atomic E-state index is -4.41. The Morgan fingerprint density at radius 3 is 2.48 bits per heavy atom. The van der Waals surface area contributed by atoms with Crippen LogP contribution in [-0.4, -0.2) is 16.1 Å². The van der Waals surface area contributed by atoms with Gasteiger partial charge in [0.05, 0.1) is 16.8 Å². The van der Waals surface area contributed by atoms with Crippen molar-refractivity contribution in [1.29, 1.82) is 0 Å². The van der Waals surface area contributed by atoms with Crippen LogP contribution in [-0.2, 0) is 12.6 Å². The van der Waals surface area contributed by atoms with Crippen molar-refractivity contribution in [3.8, 4) is 11.3 Å². The van der Waals surface area contributed by atoms with Gasteiger partial charge in [-0.1, -0.05) is 35.9 Å². The smallest absolute Gasteiger partial charge is 0.416 e. The largest absolute Gasteiger partial charge is 0.478 e. The van der Waals surface area contributed by atoms with E-state index in [2.05, 4.69) is 4.98 Å². The van der Waals surface area contributed by atoms with Crippen LogP contribution in [0.3, 0.4) is 0 Å². The summed E-state index contributed by atoms with van der Waals surface area (Å²) in [5.41, 5.74) is 2.59. The molecule has 27 heavy (non-hydrogen) atoms. The monoisotopic (exact) mass is 371 g/mol. The van der Waals surface area contributed by atoms with Gasteiger partial charge >= 0.3 is 12.1 Å². The molecule has 0 bridgehead atoms. The van der Waals surface area contributed by atoms with E-state index in [-0.39, 0.29) is 5.56 Å². The van der Waals surface area contributed by atoms with Crippen LogP contribution < -0.4 is 0 Å². The van der Waals surface area contributed by atoms with Crippen molar-refractivity contribution >= 4 is 5.97 Å². The van der Waals surface area contributed by atoms with E-state index in [0.29, 0.717) is 23.2 Å². The first-order valence-corrected chi connectivity index (χ1v) is 8.19. The molecule has 0 atom stereocenters. The van der Waals surface area contributed by atoms with Gasteiger partial charge in [-0.25, -0.2) is 4.79 Å². The number of carbonyl (C=O) groups is 1. The zero-order chi connectivity index (χ0) is 19.6. The van der Waals surface area contributed by atoms with Crippen LogP contribution in [0.4, 0.5) is 13.2 Å². The summed E-state index contributed by atoms with van der Waals surface area (Å²) in [6.45, 7) is 1.82. The molecular weight excluding hydrogens is 355 g/mol. The third kappa shape index (κ3) is 4.34. The molecule has 138 valence electrons. The van der Waals surface area contributed by atoms with E-state index >= 15 is 0 Å². The van der Waals surface area contributed by atoms with Gasteiger partial charge in [0.1, 0.15) is 0 Å². The number of nitrogens with zero attached hydrogens (tertiary/aromatic N) is 1. The Hall–Kier alpha value is -3.15. The molecule has 6 heteroatoms. The van der Waals surface area contributed by atoms with Gasteiger partial charge in [-0.15, -0.1) is 0 Å². The predicted octanol–water partition coefficient (Wildman–Crippen LogP) is 5.36. The summed E-state index contributed by atoms with van der Waals surface area (Å²) in [6, 6.07) is 13.6. The van der Waals surface area contributed by atoms with Gasteiger partial charge in [-0.05, 0) is 48.7 Å². The molecule has 0 amide bonds. The number of carboxylic acid groups (broad SMARTS) is 1. The molecule has 0 saturated heterocycles. The molecule has 0 unspecified atom stereocenters. The SMILES string of the molecule is Cc1ccc(Cc2ccc(-c3cccc(C(F)(F)F)c3)nc2)c(C(=O)O)c1. The molecule has 0 spiro atoms. The van der Waals surface area contributed by atoms with Crippen molar-refractivity contribution in [2.24, 2.45) is 0 Å². The number of hydrogen-bond acceptors (Lipinski definition) is 2. The topological polar surface area (TPSA) is 50.2 Å². The van der Waals surface area contributed by atoms with Gasteiger partial charge in [0, 0.05) is 11.8 Å². The zero-order valence-corrected chi connectivity index (χ0v) is 14.4. The quantitative estimate of drug-likeness (QED) is 0.671. The zero-order valence-electron chi connectivity index (χ0n) is 14.4. The van der Waals surface area contributed by atoms with Crippen molar-refractivity contribution < 1.29 is 23.1 Å². The summed E-state index contributed by atoms with van der Waals surface area (Å²) in [5.74, 6) is -0.998. The lowest BCUT2D eigenvalue weighted by molar-refractivity contribution is -0.137. The number of benzene rings is 2. The molecule has 0 aliphatic rings. The predicted molar refractivity (Wildman–Crippen MR) is 95.6 cm³/mol. The lowest BCUT2D eigenvalue weighted by Gasteiger charge is -2.10. The lowest BCUT2D eigenvalue weighted by Crippen LogP contribution is -2.05. The highest BCUT2D eigenvalue weighted by Gasteiger charge is 2.30. The number of aromatic carboxylic acids is 1. The molecular formula is C21H16F3NO2. The van der Waals surface area contributed by atoms with Crippen LogP contribution in [0.5, 0.6) is 0 Å². The van der Waals surface area contributed by atoms with Crippen molar-refractivity contribution in [1.82, 2.24) is 4.98 Å². The highest BCUT2D eigenvalue weighted by molar-refractivity contribution is 5.89. The Morgan fingerprint density at radius 2 is 1.85 bits per heavy atom. The maximum atomic E-state index is 12.9. The number of halogens is 3. The number of rotatable bonds is 4. The summed E-state index contributed by atoms with van der Waals surface area (Å²) in [5, 5.41) is 9.35. The van der Waals surface area contributed by atoms with Gasteiger partial charge in [-0.3, -0.25) is 4.98 Å². The standard InChI is InChI=1S/C21H16F3NO2/c1-13-5-7-15(18(9-13)20(26)27)10-14-6-8-19(25-12-14)16-3-2-4-17(11-16)21(22,23)24/h2-9,11-12H,10H2,1H3,(H,26,27). The number of pyridine rings is 1. The molecule has 1 N–H and O–H groups in total. The average Bonchev–Trinajstić information content (AvgIpc) is 2.63. The molecule has 0 aliphatic heterocycles. The van der Waals surface area contributed by atoms with Crippen LogP contribution in [0.2, 0.25) is 0 Å². The second-order valence-electron chi connectivity index (χ2n) is 6.27. The first-order chi connectivity index (χ1) is 12.7. The van der Waals surface area contributed by atoms with Gasteiger partial charge in [0.15, 0.2) is 0 Å². The Labute approximate surface area is 154 Å². The maximum absolute atomic E-state index is 12.9. The number of alkyl halides is 3. The van der Waals surface area contributed by atoms with Crippen LogP contribution in [0, 0.1) is 6.92 Å². The van der Waals surface area contributed by atoms with E-state index in [1.54, 1.807) is 36.5 Å². The molecule has 3 rings (SSSR count). The molecule has 0 fully saturated rings. The molecule has 1 aromatic heterocycles. The van der Waals surface area contributed by atoms with Crippen molar-refractivity contribution in [2.45, 2.75) is 19.5 Å². The highest BCUT2D eigenvalue weighted by atomic mass is 19.4. The Morgan fingerprint density at radius 1 is 1.07 bits per heavy atom. The van der Waals surface area contributed by atoms with Crippen LogP contribution in [0.25, 0.3) is 11.3 Å². The van der Waals surface area contributed by atoms with E-state index < -0.39 is 17.7 Å². The minimum absolute atomic E-state index is 0.233. The third-order valence-corrected chi connectivity index (χ3v) is 4.20. The van der Waals surface area contributed by atoms with E-state index in [0.717, 1.165) is 23.3 Å². The molecule has 2 aromatic carbocycles. The summed E-state index contributed by atoms with van der Waals surface area (Å²) >= 11 is 0. The molecule has 0 aliphatic carbocycles. The van der Waals surface area contributed by atoms with Crippen LogP contribution in [0.1, 0.15) is 32.6 Å². The fourth-order valence-electron chi connectivity index (χ4n) is 2.82.